The summed E-state index contributed by atoms with van der Waals surface area (Å²) in [5.74, 6) is -0.208. The van der Waals surface area contributed by atoms with Gasteiger partial charge in [0.05, 0.1) is 13.2 Å². The molecule has 0 aliphatic rings. The van der Waals surface area contributed by atoms with Crippen LogP contribution in [0, 0.1) is 6.92 Å². The maximum atomic E-state index is 11.3. The van der Waals surface area contributed by atoms with Crippen molar-refractivity contribution < 1.29 is 9.53 Å². The van der Waals surface area contributed by atoms with Crippen molar-refractivity contribution in [1.29, 1.82) is 0 Å². The zero-order chi connectivity index (χ0) is 13.8. The molecule has 0 amide bonds. The van der Waals surface area contributed by atoms with E-state index in [1.807, 2.05) is 12.1 Å². The predicted molar refractivity (Wildman–Crippen MR) is 76.2 cm³/mol. The number of hydrogen-bond acceptors (Lipinski definition) is 3. The van der Waals surface area contributed by atoms with Crippen LogP contribution in [0.3, 0.4) is 0 Å². The van der Waals surface area contributed by atoms with E-state index < -0.39 is 0 Å². The molecule has 4 heteroatoms. The molecule has 1 aromatic heterocycles. The fraction of sp³-hybridized carbons (Fsp3) is 0.400. The Morgan fingerprint density at radius 1 is 1.37 bits per heavy atom. The summed E-state index contributed by atoms with van der Waals surface area (Å²) in [6, 6.07) is 8.31. The molecule has 19 heavy (non-hydrogen) atoms. The lowest BCUT2D eigenvalue weighted by molar-refractivity contribution is -0.142. The summed E-state index contributed by atoms with van der Waals surface area (Å²) in [6.45, 7) is 2.79. The average molecular weight is 260 g/mol. The Hall–Kier alpha value is -1.81. The lowest BCUT2D eigenvalue weighted by atomic mass is 10.1. The number of aryl methyl sites for hydroxylation is 1. The van der Waals surface area contributed by atoms with Gasteiger partial charge >= 0.3 is 5.97 Å². The fourth-order valence-corrected chi connectivity index (χ4v) is 2.38. The zero-order valence-electron chi connectivity index (χ0n) is 11.7. The molecule has 0 fully saturated rings. The number of rotatable bonds is 5. The third-order valence-corrected chi connectivity index (χ3v) is 3.47. The number of aromatic nitrogens is 1. The van der Waals surface area contributed by atoms with E-state index in [1.165, 1.54) is 22.2 Å². The van der Waals surface area contributed by atoms with Crippen LogP contribution in [0.2, 0.25) is 0 Å². The van der Waals surface area contributed by atoms with Crippen LogP contribution < -0.4 is 5.32 Å². The van der Waals surface area contributed by atoms with Crippen LogP contribution in [0.5, 0.6) is 0 Å². The molecular weight excluding hydrogens is 240 g/mol. The Kier molecular flexibility index (Phi) is 4.22. The van der Waals surface area contributed by atoms with Crippen LogP contribution in [0.4, 0.5) is 0 Å². The van der Waals surface area contributed by atoms with E-state index in [4.69, 9.17) is 4.74 Å². The minimum absolute atomic E-state index is 0.208. The molecule has 0 radical (unpaired) electrons. The number of carbonyl (C=O) groups is 1. The van der Waals surface area contributed by atoms with E-state index in [0.29, 0.717) is 6.61 Å². The summed E-state index contributed by atoms with van der Waals surface area (Å²) in [5, 5.41) is 4.03. The smallest absolute Gasteiger partial charge is 0.319 e. The van der Waals surface area contributed by atoms with Crippen LogP contribution >= 0.6 is 0 Å². The van der Waals surface area contributed by atoms with Gasteiger partial charge in [-0.15, -0.1) is 0 Å². The van der Waals surface area contributed by atoms with Crippen LogP contribution in [0.25, 0.3) is 10.9 Å². The van der Waals surface area contributed by atoms with E-state index in [-0.39, 0.29) is 12.5 Å². The number of hydrogen-bond donors (Lipinski definition) is 1. The third kappa shape index (κ3) is 2.79. The molecule has 1 heterocycles. The van der Waals surface area contributed by atoms with Gasteiger partial charge in [0, 0.05) is 30.1 Å². The number of esters is 1. The number of carbonyl (C=O) groups excluding carboxylic acids is 1. The minimum Gasteiger partial charge on any atom is -0.464 e. The number of para-hydroxylation sites is 1. The number of likely N-dealkylation sites (N-methyl/N-ethyl adjacent to an activating group) is 1. The Morgan fingerprint density at radius 3 is 2.84 bits per heavy atom. The molecule has 4 nitrogen and oxygen atoms in total. The second-order valence-corrected chi connectivity index (χ2v) is 4.64. The Morgan fingerprint density at radius 2 is 2.11 bits per heavy atom. The second-order valence-electron chi connectivity index (χ2n) is 4.64. The molecule has 0 saturated carbocycles. The summed E-state index contributed by atoms with van der Waals surface area (Å²) in [5.41, 5.74) is 3.71. The summed E-state index contributed by atoms with van der Waals surface area (Å²) < 4.78 is 7.37. The lowest BCUT2D eigenvalue weighted by Gasteiger charge is -2.05. The van der Waals surface area contributed by atoms with Gasteiger partial charge in [-0.25, -0.2) is 0 Å². The highest BCUT2D eigenvalue weighted by Crippen LogP contribution is 2.24. The van der Waals surface area contributed by atoms with Crippen molar-refractivity contribution in [1.82, 2.24) is 9.88 Å². The van der Waals surface area contributed by atoms with E-state index in [2.05, 4.69) is 36.0 Å². The van der Waals surface area contributed by atoms with Crippen LogP contribution in [-0.4, -0.2) is 30.7 Å². The Balaban J connectivity index is 2.12. The van der Waals surface area contributed by atoms with Crippen LogP contribution in [0.15, 0.2) is 24.3 Å². The topological polar surface area (TPSA) is 43.3 Å². The third-order valence-electron chi connectivity index (χ3n) is 3.47. The van der Waals surface area contributed by atoms with Crippen LogP contribution in [0.1, 0.15) is 11.3 Å². The highest BCUT2D eigenvalue weighted by atomic mass is 16.5. The summed E-state index contributed by atoms with van der Waals surface area (Å²) in [7, 11) is 3.80. The van der Waals surface area contributed by atoms with Crippen molar-refractivity contribution in [2.24, 2.45) is 7.05 Å². The van der Waals surface area contributed by atoms with Gasteiger partial charge in [0.2, 0.25) is 0 Å². The van der Waals surface area contributed by atoms with Gasteiger partial charge in [-0.3, -0.25) is 4.79 Å². The Labute approximate surface area is 113 Å². The first-order valence-electron chi connectivity index (χ1n) is 6.48. The molecule has 2 rings (SSSR count). The molecule has 0 atom stereocenters. The van der Waals surface area contributed by atoms with E-state index in [9.17, 15) is 4.79 Å². The van der Waals surface area contributed by atoms with E-state index in [1.54, 1.807) is 7.05 Å². The molecule has 102 valence electrons. The molecule has 0 aliphatic heterocycles. The van der Waals surface area contributed by atoms with Crippen molar-refractivity contribution >= 4 is 16.9 Å². The van der Waals surface area contributed by atoms with E-state index in [0.717, 1.165) is 6.42 Å². The summed E-state index contributed by atoms with van der Waals surface area (Å²) >= 11 is 0. The van der Waals surface area contributed by atoms with Gasteiger partial charge in [0.25, 0.3) is 0 Å². The molecular formula is C15H20N2O2. The monoisotopic (exact) mass is 260 g/mol. The fourth-order valence-electron chi connectivity index (χ4n) is 2.38. The molecule has 0 saturated heterocycles. The second kappa shape index (κ2) is 5.89. The standard InChI is InChI=1S/C15H20N2O2/c1-11-12(8-9-19-15(18)10-16-2)13-6-4-5-7-14(13)17(11)3/h4-7,16H,8-10H2,1-3H3. The minimum atomic E-state index is -0.208. The number of nitrogens with one attached hydrogen (secondary N) is 1. The first-order chi connectivity index (χ1) is 9.15. The van der Waals surface area contributed by atoms with Gasteiger partial charge < -0.3 is 14.6 Å². The van der Waals surface area contributed by atoms with Crippen molar-refractivity contribution in [3.63, 3.8) is 0 Å². The summed E-state index contributed by atoms with van der Waals surface area (Å²) in [6.07, 6.45) is 0.753. The van der Waals surface area contributed by atoms with Gasteiger partial charge in [-0.05, 0) is 25.6 Å². The number of nitrogens with zero attached hydrogens (tertiary/aromatic N) is 1. The maximum absolute atomic E-state index is 11.3. The number of benzene rings is 1. The molecule has 0 unspecified atom stereocenters. The quantitative estimate of drug-likeness (QED) is 0.834. The van der Waals surface area contributed by atoms with Crippen molar-refractivity contribution in [2.45, 2.75) is 13.3 Å². The van der Waals surface area contributed by atoms with Crippen LogP contribution in [-0.2, 0) is 23.0 Å². The van der Waals surface area contributed by atoms with Gasteiger partial charge in [-0.2, -0.15) is 0 Å². The first kappa shape index (κ1) is 13.6. The van der Waals surface area contributed by atoms with Crippen molar-refractivity contribution in [2.75, 3.05) is 20.2 Å². The predicted octanol–water partition coefficient (Wildman–Crippen LogP) is 1.79. The van der Waals surface area contributed by atoms with Crippen molar-refractivity contribution in [3.05, 3.63) is 35.5 Å². The van der Waals surface area contributed by atoms with Gasteiger partial charge in [0.1, 0.15) is 0 Å². The molecule has 0 aliphatic carbocycles. The lowest BCUT2D eigenvalue weighted by Crippen LogP contribution is -2.21. The zero-order valence-corrected chi connectivity index (χ0v) is 11.7. The first-order valence-corrected chi connectivity index (χ1v) is 6.48. The van der Waals surface area contributed by atoms with Gasteiger partial charge in [0.15, 0.2) is 0 Å². The average Bonchev–Trinajstić information content (AvgIpc) is 2.65. The normalized spacial score (nSPS) is 10.9. The maximum Gasteiger partial charge on any atom is 0.319 e. The molecule has 2 aromatic rings. The molecule has 1 aromatic carbocycles. The number of fused-ring (bicyclic) bond motifs is 1. The molecule has 0 bridgehead atoms. The Bertz CT molecular complexity index is 587. The van der Waals surface area contributed by atoms with Crippen molar-refractivity contribution in [3.8, 4) is 0 Å². The summed E-state index contributed by atoms with van der Waals surface area (Å²) in [4.78, 5) is 11.3. The SMILES string of the molecule is CNCC(=O)OCCc1c(C)n(C)c2ccccc12. The highest BCUT2D eigenvalue weighted by Gasteiger charge is 2.11. The van der Waals surface area contributed by atoms with Gasteiger partial charge in [-0.1, -0.05) is 18.2 Å². The number of ether oxygens (including phenoxy) is 1. The molecule has 1 N–H and O–H groups in total. The highest BCUT2D eigenvalue weighted by molar-refractivity contribution is 5.85. The van der Waals surface area contributed by atoms with E-state index >= 15 is 0 Å². The largest absolute Gasteiger partial charge is 0.464 e. The molecule has 0 spiro atoms.